The predicted molar refractivity (Wildman–Crippen MR) is 136 cm³/mol. The number of para-hydroxylation sites is 1. The van der Waals surface area contributed by atoms with Crippen LogP contribution < -0.4 is 4.90 Å². The highest BCUT2D eigenvalue weighted by Gasteiger charge is 2.11. The van der Waals surface area contributed by atoms with E-state index in [9.17, 15) is 0 Å². The summed E-state index contributed by atoms with van der Waals surface area (Å²) < 4.78 is 0. The Morgan fingerprint density at radius 2 is 0.719 bits per heavy atom. The van der Waals surface area contributed by atoms with Crippen molar-refractivity contribution in [2.24, 2.45) is 0 Å². The van der Waals surface area contributed by atoms with Crippen LogP contribution in [0.15, 0.2) is 140 Å². The van der Waals surface area contributed by atoms with E-state index in [-0.39, 0.29) is 0 Å². The zero-order chi connectivity index (χ0) is 21.6. The number of hydrogen-bond donors (Lipinski definition) is 0. The summed E-state index contributed by atoms with van der Waals surface area (Å²) >= 11 is 0. The van der Waals surface area contributed by atoms with E-state index in [1.54, 1.807) is 0 Å². The smallest absolute Gasteiger partial charge is 0.0481 e. The molecule has 0 aliphatic rings. The third-order valence-electron chi connectivity index (χ3n) is 5.76. The maximum atomic E-state index is 2.37. The number of hydrogen-bond acceptors (Lipinski definition) is 1. The summed E-state index contributed by atoms with van der Waals surface area (Å²) in [5, 5.41) is 0. The summed E-state index contributed by atoms with van der Waals surface area (Å²) in [6.45, 7) is 0.809. The van der Waals surface area contributed by atoms with Crippen molar-refractivity contribution in [1.29, 1.82) is 0 Å². The second kappa shape index (κ2) is 9.36. The van der Waals surface area contributed by atoms with E-state index < -0.39 is 0 Å². The number of anilines is 2. The Morgan fingerprint density at radius 3 is 1.22 bits per heavy atom. The van der Waals surface area contributed by atoms with Crippen LogP contribution in [0, 0.1) is 0 Å². The summed E-state index contributed by atoms with van der Waals surface area (Å²) in [6, 6.07) is 49.4. The van der Waals surface area contributed by atoms with Crippen molar-refractivity contribution in [2.45, 2.75) is 6.54 Å². The molecule has 0 fully saturated rings. The van der Waals surface area contributed by atoms with Crippen LogP contribution in [-0.4, -0.2) is 0 Å². The van der Waals surface area contributed by atoms with Crippen LogP contribution in [0.25, 0.3) is 22.3 Å². The molecular weight excluding hydrogens is 386 g/mol. The van der Waals surface area contributed by atoms with Crippen molar-refractivity contribution in [1.82, 2.24) is 0 Å². The third-order valence-corrected chi connectivity index (χ3v) is 5.76. The predicted octanol–water partition coefficient (Wildman–Crippen LogP) is 8.36. The van der Waals surface area contributed by atoms with Gasteiger partial charge in [-0.15, -0.1) is 0 Å². The molecule has 1 nitrogen and oxygen atoms in total. The first kappa shape index (κ1) is 19.8. The molecular formula is C31H25N. The van der Waals surface area contributed by atoms with E-state index in [4.69, 9.17) is 0 Å². The average Bonchev–Trinajstić information content (AvgIpc) is 2.89. The molecule has 5 rings (SSSR count). The zero-order valence-electron chi connectivity index (χ0n) is 17.9. The summed E-state index contributed by atoms with van der Waals surface area (Å²) in [7, 11) is 0. The van der Waals surface area contributed by atoms with Crippen molar-refractivity contribution in [2.75, 3.05) is 4.90 Å². The number of rotatable bonds is 6. The first-order valence-corrected chi connectivity index (χ1v) is 11.0. The van der Waals surface area contributed by atoms with Gasteiger partial charge in [-0.2, -0.15) is 0 Å². The molecule has 5 aromatic rings. The highest BCUT2D eigenvalue weighted by molar-refractivity contribution is 5.70. The van der Waals surface area contributed by atoms with Gasteiger partial charge in [0, 0.05) is 17.9 Å². The molecule has 0 aromatic heterocycles. The van der Waals surface area contributed by atoms with E-state index in [0.29, 0.717) is 0 Å². The first-order chi connectivity index (χ1) is 15.9. The van der Waals surface area contributed by atoms with E-state index in [1.165, 1.54) is 39.2 Å². The van der Waals surface area contributed by atoms with Gasteiger partial charge in [0.2, 0.25) is 0 Å². The van der Waals surface area contributed by atoms with Gasteiger partial charge in [0.1, 0.15) is 0 Å². The van der Waals surface area contributed by atoms with E-state index in [2.05, 4.69) is 144 Å². The van der Waals surface area contributed by atoms with Gasteiger partial charge in [-0.05, 0) is 52.1 Å². The van der Waals surface area contributed by atoms with Gasteiger partial charge in [-0.25, -0.2) is 0 Å². The lowest BCUT2D eigenvalue weighted by Crippen LogP contribution is -2.16. The largest absolute Gasteiger partial charge is 0.337 e. The second-order valence-electron chi connectivity index (χ2n) is 7.90. The van der Waals surface area contributed by atoms with Crippen molar-refractivity contribution in [3.63, 3.8) is 0 Å². The molecule has 0 saturated carbocycles. The lowest BCUT2D eigenvalue weighted by Gasteiger charge is -2.25. The molecule has 0 saturated heterocycles. The number of nitrogens with zero attached hydrogens (tertiary/aromatic N) is 1. The molecule has 0 aliphatic heterocycles. The van der Waals surface area contributed by atoms with Crippen molar-refractivity contribution >= 4 is 11.4 Å². The Balaban J connectivity index is 1.43. The van der Waals surface area contributed by atoms with Crippen LogP contribution in [0.1, 0.15) is 5.56 Å². The molecule has 0 atom stereocenters. The maximum absolute atomic E-state index is 2.37. The molecule has 0 bridgehead atoms. The third kappa shape index (κ3) is 4.48. The summed E-state index contributed by atoms with van der Waals surface area (Å²) in [5.74, 6) is 0. The Morgan fingerprint density at radius 1 is 0.344 bits per heavy atom. The molecule has 32 heavy (non-hydrogen) atoms. The molecule has 0 amide bonds. The summed E-state index contributed by atoms with van der Waals surface area (Å²) in [6.07, 6.45) is 0. The quantitative estimate of drug-likeness (QED) is 0.271. The van der Waals surface area contributed by atoms with E-state index >= 15 is 0 Å². The molecule has 0 unspecified atom stereocenters. The molecule has 0 N–H and O–H groups in total. The second-order valence-corrected chi connectivity index (χ2v) is 7.90. The lowest BCUT2D eigenvalue weighted by atomic mass is 10.0. The topological polar surface area (TPSA) is 3.24 Å². The fourth-order valence-corrected chi connectivity index (χ4v) is 4.02. The van der Waals surface area contributed by atoms with Crippen molar-refractivity contribution in [3.05, 3.63) is 145 Å². The lowest BCUT2D eigenvalue weighted by molar-refractivity contribution is 0.976. The molecule has 5 aromatic carbocycles. The van der Waals surface area contributed by atoms with Crippen LogP contribution >= 0.6 is 0 Å². The van der Waals surface area contributed by atoms with Crippen molar-refractivity contribution < 1.29 is 0 Å². The minimum Gasteiger partial charge on any atom is -0.337 e. The van der Waals surface area contributed by atoms with Crippen LogP contribution in [0.2, 0.25) is 0 Å². The highest BCUT2D eigenvalue weighted by atomic mass is 15.1. The van der Waals surface area contributed by atoms with Gasteiger partial charge >= 0.3 is 0 Å². The van der Waals surface area contributed by atoms with Gasteiger partial charge in [0.05, 0.1) is 0 Å². The van der Waals surface area contributed by atoms with Gasteiger partial charge < -0.3 is 4.90 Å². The Hall–Kier alpha value is -4.10. The van der Waals surface area contributed by atoms with Gasteiger partial charge in [0.15, 0.2) is 0 Å². The van der Waals surface area contributed by atoms with E-state index in [0.717, 1.165) is 6.54 Å². The normalized spacial score (nSPS) is 10.6. The van der Waals surface area contributed by atoms with Crippen LogP contribution in [0.5, 0.6) is 0 Å². The Kier molecular flexibility index (Phi) is 5.80. The molecule has 1 heteroatoms. The molecule has 0 aliphatic carbocycles. The molecule has 0 radical (unpaired) electrons. The maximum Gasteiger partial charge on any atom is 0.0481 e. The molecule has 0 heterocycles. The summed E-state index contributed by atoms with van der Waals surface area (Å²) in [4.78, 5) is 2.37. The Labute approximate surface area is 190 Å². The first-order valence-electron chi connectivity index (χ1n) is 11.0. The van der Waals surface area contributed by atoms with Crippen LogP contribution in [0.3, 0.4) is 0 Å². The standard InChI is InChI=1S/C31H25N/c1-4-10-26(11-5-1)28-18-16-25(17-19-28)24-32(30-14-8-3-9-15-30)31-22-20-29(21-23-31)27-12-6-2-7-13-27/h1-23H,24H2. The zero-order valence-corrected chi connectivity index (χ0v) is 17.9. The van der Waals surface area contributed by atoms with Gasteiger partial charge in [-0.3, -0.25) is 0 Å². The summed E-state index contributed by atoms with van der Waals surface area (Å²) in [5.41, 5.74) is 8.61. The van der Waals surface area contributed by atoms with Gasteiger partial charge in [-0.1, -0.05) is 115 Å². The fourth-order valence-electron chi connectivity index (χ4n) is 4.02. The fraction of sp³-hybridized carbons (Fsp3) is 0.0323. The van der Waals surface area contributed by atoms with Crippen LogP contribution in [-0.2, 0) is 6.54 Å². The molecule has 154 valence electrons. The average molecular weight is 412 g/mol. The van der Waals surface area contributed by atoms with Crippen LogP contribution in [0.4, 0.5) is 11.4 Å². The SMILES string of the molecule is c1ccc(-c2ccc(CN(c3ccccc3)c3ccc(-c4ccccc4)cc3)cc2)cc1. The van der Waals surface area contributed by atoms with Gasteiger partial charge in [0.25, 0.3) is 0 Å². The monoisotopic (exact) mass is 411 g/mol. The minimum absolute atomic E-state index is 0.809. The van der Waals surface area contributed by atoms with Crippen molar-refractivity contribution in [3.8, 4) is 22.3 Å². The Bertz CT molecular complexity index is 1240. The minimum atomic E-state index is 0.809. The van der Waals surface area contributed by atoms with E-state index in [1.807, 2.05) is 0 Å². The number of benzene rings is 5. The highest BCUT2D eigenvalue weighted by Crippen LogP contribution is 2.30. The molecule has 0 spiro atoms.